The van der Waals surface area contributed by atoms with E-state index < -0.39 is 0 Å². The van der Waals surface area contributed by atoms with Gasteiger partial charge in [0.2, 0.25) is 5.95 Å². The third kappa shape index (κ3) is 2.73. The lowest BCUT2D eigenvalue weighted by atomic mass is 10.1. The Morgan fingerprint density at radius 3 is 2.63 bits per heavy atom. The van der Waals surface area contributed by atoms with Crippen LogP contribution in [0.1, 0.15) is 37.4 Å². The molecule has 0 radical (unpaired) electrons. The summed E-state index contributed by atoms with van der Waals surface area (Å²) in [7, 11) is 0. The molecule has 2 heterocycles. The lowest BCUT2D eigenvalue weighted by Gasteiger charge is -2.09. The fourth-order valence-corrected chi connectivity index (χ4v) is 2.80. The minimum absolute atomic E-state index is 0.284. The van der Waals surface area contributed by atoms with Crippen molar-refractivity contribution >= 4 is 21.9 Å². The molecule has 98 valence electrons. The van der Waals surface area contributed by atoms with Gasteiger partial charge in [0.05, 0.1) is 0 Å². The number of nitrogens with two attached hydrogens (primary N) is 1. The highest BCUT2D eigenvalue weighted by atomic mass is 79.9. The van der Waals surface area contributed by atoms with Gasteiger partial charge in [-0.25, -0.2) is 4.98 Å². The summed E-state index contributed by atoms with van der Waals surface area (Å²) in [6.07, 6.45) is 8.22. The Morgan fingerprint density at radius 1 is 1.11 bits per heavy atom. The standard InChI is InChI=1S/C13H14BrN5/c14-10-5-9(6-16-7-10)12-17-11(18-13(15)19-12)8-3-1-2-4-8/h5-8H,1-4H2,(H2,15,17,18,19). The molecule has 6 heteroatoms. The number of anilines is 1. The van der Waals surface area contributed by atoms with E-state index >= 15 is 0 Å². The second kappa shape index (κ2) is 5.21. The van der Waals surface area contributed by atoms with Gasteiger partial charge in [-0.05, 0) is 34.8 Å². The van der Waals surface area contributed by atoms with Crippen molar-refractivity contribution in [3.05, 3.63) is 28.8 Å². The summed E-state index contributed by atoms with van der Waals surface area (Å²) < 4.78 is 0.895. The Hall–Kier alpha value is -1.56. The molecule has 0 atom stereocenters. The maximum atomic E-state index is 5.81. The third-order valence-electron chi connectivity index (χ3n) is 3.35. The van der Waals surface area contributed by atoms with Crippen molar-refractivity contribution in [1.29, 1.82) is 0 Å². The van der Waals surface area contributed by atoms with Gasteiger partial charge >= 0.3 is 0 Å². The molecule has 0 bridgehead atoms. The van der Waals surface area contributed by atoms with Crippen molar-refractivity contribution in [2.45, 2.75) is 31.6 Å². The van der Waals surface area contributed by atoms with Crippen LogP contribution in [0, 0.1) is 0 Å². The molecule has 1 fully saturated rings. The SMILES string of the molecule is Nc1nc(-c2cncc(Br)c2)nc(C2CCCC2)n1. The van der Waals surface area contributed by atoms with E-state index in [1.54, 1.807) is 12.4 Å². The predicted octanol–water partition coefficient (Wildman–Crippen LogP) is 2.94. The maximum Gasteiger partial charge on any atom is 0.223 e. The molecule has 0 spiro atoms. The largest absolute Gasteiger partial charge is 0.368 e. The molecule has 2 aromatic heterocycles. The van der Waals surface area contributed by atoms with Crippen LogP contribution in [0.15, 0.2) is 22.9 Å². The lowest BCUT2D eigenvalue weighted by Crippen LogP contribution is -2.07. The van der Waals surface area contributed by atoms with Gasteiger partial charge < -0.3 is 5.73 Å². The Balaban J connectivity index is 2.01. The molecule has 2 aromatic rings. The lowest BCUT2D eigenvalue weighted by molar-refractivity contribution is 0.665. The molecule has 3 rings (SSSR count). The molecular formula is C13H14BrN5. The second-order valence-corrected chi connectivity index (χ2v) is 5.66. The number of rotatable bonds is 2. The first-order chi connectivity index (χ1) is 9.22. The highest BCUT2D eigenvalue weighted by Crippen LogP contribution is 2.33. The number of nitrogen functional groups attached to an aromatic ring is 1. The van der Waals surface area contributed by atoms with Crippen LogP contribution in [0.3, 0.4) is 0 Å². The Morgan fingerprint density at radius 2 is 1.89 bits per heavy atom. The first-order valence-electron chi connectivity index (χ1n) is 6.35. The monoisotopic (exact) mass is 319 g/mol. The molecule has 1 saturated carbocycles. The first-order valence-corrected chi connectivity index (χ1v) is 7.14. The number of hydrogen-bond donors (Lipinski definition) is 1. The van der Waals surface area contributed by atoms with E-state index in [1.165, 1.54) is 12.8 Å². The van der Waals surface area contributed by atoms with Crippen molar-refractivity contribution in [3.63, 3.8) is 0 Å². The number of hydrogen-bond acceptors (Lipinski definition) is 5. The minimum atomic E-state index is 0.284. The van der Waals surface area contributed by atoms with E-state index in [0.717, 1.165) is 28.7 Å². The quantitative estimate of drug-likeness (QED) is 0.920. The minimum Gasteiger partial charge on any atom is -0.368 e. The summed E-state index contributed by atoms with van der Waals surface area (Å²) in [5.74, 6) is 2.12. The van der Waals surface area contributed by atoms with Crippen LogP contribution in [-0.4, -0.2) is 19.9 Å². The normalized spacial score (nSPS) is 15.8. The summed E-state index contributed by atoms with van der Waals surface area (Å²) in [4.78, 5) is 17.2. The average Bonchev–Trinajstić information content (AvgIpc) is 2.92. The van der Waals surface area contributed by atoms with Gasteiger partial charge in [0.15, 0.2) is 5.82 Å². The molecule has 1 aliphatic carbocycles. The number of pyridine rings is 1. The molecule has 19 heavy (non-hydrogen) atoms. The summed E-state index contributed by atoms with van der Waals surface area (Å²) in [6.45, 7) is 0. The van der Waals surface area contributed by atoms with E-state index in [-0.39, 0.29) is 5.95 Å². The second-order valence-electron chi connectivity index (χ2n) is 4.75. The number of nitrogens with zero attached hydrogens (tertiary/aromatic N) is 4. The first kappa shape index (κ1) is 12.5. The fraction of sp³-hybridized carbons (Fsp3) is 0.385. The van der Waals surface area contributed by atoms with Crippen molar-refractivity contribution in [1.82, 2.24) is 19.9 Å². The van der Waals surface area contributed by atoms with Crippen LogP contribution >= 0.6 is 15.9 Å². The molecule has 0 aliphatic heterocycles. The van der Waals surface area contributed by atoms with Gasteiger partial charge in [0.1, 0.15) is 5.82 Å². The van der Waals surface area contributed by atoms with Crippen molar-refractivity contribution < 1.29 is 0 Å². The third-order valence-corrected chi connectivity index (χ3v) is 3.79. The van der Waals surface area contributed by atoms with Gasteiger partial charge in [-0.2, -0.15) is 9.97 Å². The molecule has 0 unspecified atom stereocenters. The van der Waals surface area contributed by atoms with Gasteiger partial charge in [-0.3, -0.25) is 4.98 Å². The van der Waals surface area contributed by atoms with E-state index in [2.05, 4.69) is 35.9 Å². The topological polar surface area (TPSA) is 77.6 Å². The van der Waals surface area contributed by atoms with Crippen LogP contribution in [0.4, 0.5) is 5.95 Å². The smallest absolute Gasteiger partial charge is 0.223 e. The fourth-order valence-electron chi connectivity index (χ4n) is 2.44. The molecule has 1 aliphatic rings. The van der Waals surface area contributed by atoms with Gasteiger partial charge in [0, 0.05) is 28.3 Å². The molecular weight excluding hydrogens is 306 g/mol. The van der Waals surface area contributed by atoms with Gasteiger partial charge in [-0.15, -0.1) is 0 Å². The van der Waals surface area contributed by atoms with Crippen molar-refractivity contribution in [2.75, 3.05) is 5.73 Å². The van der Waals surface area contributed by atoms with Gasteiger partial charge in [-0.1, -0.05) is 12.8 Å². The van der Waals surface area contributed by atoms with Crippen molar-refractivity contribution in [2.24, 2.45) is 0 Å². The maximum absolute atomic E-state index is 5.81. The van der Waals surface area contributed by atoms with Crippen LogP contribution in [0.2, 0.25) is 0 Å². The zero-order valence-corrected chi connectivity index (χ0v) is 12.0. The van der Waals surface area contributed by atoms with Crippen LogP contribution in [0.5, 0.6) is 0 Å². The van der Waals surface area contributed by atoms with Gasteiger partial charge in [0.25, 0.3) is 0 Å². The van der Waals surface area contributed by atoms with Crippen LogP contribution < -0.4 is 5.73 Å². The van der Waals surface area contributed by atoms with E-state index in [9.17, 15) is 0 Å². The molecule has 0 saturated heterocycles. The summed E-state index contributed by atoms with van der Waals surface area (Å²) in [6, 6.07) is 1.93. The van der Waals surface area contributed by atoms with E-state index in [1.807, 2.05) is 6.07 Å². The van der Waals surface area contributed by atoms with Crippen molar-refractivity contribution in [3.8, 4) is 11.4 Å². The molecule has 5 nitrogen and oxygen atoms in total. The van der Waals surface area contributed by atoms with Crippen LogP contribution in [0.25, 0.3) is 11.4 Å². The number of aromatic nitrogens is 4. The average molecular weight is 320 g/mol. The zero-order valence-electron chi connectivity index (χ0n) is 10.4. The summed E-state index contributed by atoms with van der Waals surface area (Å²) in [5.41, 5.74) is 6.66. The number of halogens is 1. The highest BCUT2D eigenvalue weighted by Gasteiger charge is 2.21. The Kier molecular flexibility index (Phi) is 3.42. The zero-order chi connectivity index (χ0) is 13.2. The summed E-state index contributed by atoms with van der Waals surface area (Å²) in [5, 5.41) is 0. The van der Waals surface area contributed by atoms with E-state index in [0.29, 0.717) is 11.7 Å². The summed E-state index contributed by atoms with van der Waals surface area (Å²) >= 11 is 3.40. The highest BCUT2D eigenvalue weighted by molar-refractivity contribution is 9.10. The molecule has 0 aromatic carbocycles. The molecule has 0 amide bonds. The predicted molar refractivity (Wildman–Crippen MR) is 76.4 cm³/mol. The van der Waals surface area contributed by atoms with E-state index in [4.69, 9.17) is 5.73 Å². The molecule has 2 N–H and O–H groups in total. The van der Waals surface area contributed by atoms with Crippen LogP contribution in [-0.2, 0) is 0 Å². The Bertz CT molecular complexity index is 595. The Labute approximate surface area is 119 Å².